The second-order valence-corrected chi connectivity index (χ2v) is 6.06. The highest BCUT2D eigenvalue weighted by Gasteiger charge is 2.23. The number of fused-ring (bicyclic) bond motifs is 1. The lowest BCUT2D eigenvalue weighted by Crippen LogP contribution is -2.30. The molecule has 2 atom stereocenters. The molecule has 21 heavy (non-hydrogen) atoms. The van der Waals surface area contributed by atoms with E-state index in [4.69, 9.17) is 5.73 Å². The molecule has 1 aliphatic heterocycles. The number of carbonyl (C=O) groups is 1. The molecule has 1 saturated heterocycles. The Morgan fingerprint density at radius 3 is 3.00 bits per heavy atom. The Kier molecular flexibility index (Phi) is 3.97. The zero-order valence-corrected chi connectivity index (χ0v) is 12.5. The van der Waals surface area contributed by atoms with Crippen molar-refractivity contribution in [3.05, 3.63) is 36.0 Å². The Labute approximate surface area is 125 Å². The average molecular weight is 285 g/mol. The van der Waals surface area contributed by atoms with Crippen molar-refractivity contribution in [2.45, 2.75) is 38.1 Å². The minimum atomic E-state index is -0.243. The molecule has 1 fully saturated rings. The minimum absolute atomic E-state index is 0.0966. The SMILES string of the molecule is CC(CC(N)=O)n1c(C2CCCNC2)cc2ccccc21. The molecule has 112 valence electrons. The number of hydrogen-bond acceptors (Lipinski definition) is 2. The first-order valence-corrected chi connectivity index (χ1v) is 7.75. The number of amides is 1. The van der Waals surface area contributed by atoms with E-state index in [-0.39, 0.29) is 11.9 Å². The monoisotopic (exact) mass is 285 g/mol. The molecular formula is C17H23N3O. The third-order valence-corrected chi connectivity index (χ3v) is 4.43. The van der Waals surface area contributed by atoms with Crippen molar-refractivity contribution in [3.8, 4) is 0 Å². The highest BCUT2D eigenvalue weighted by Crippen LogP contribution is 2.33. The van der Waals surface area contributed by atoms with Gasteiger partial charge in [0.1, 0.15) is 0 Å². The van der Waals surface area contributed by atoms with Crippen molar-refractivity contribution in [3.63, 3.8) is 0 Å². The molecule has 0 saturated carbocycles. The van der Waals surface area contributed by atoms with E-state index in [0.29, 0.717) is 12.3 Å². The summed E-state index contributed by atoms with van der Waals surface area (Å²) in [4.78, 5) is 11.3. The summed E-state index contributed by atoms with van der Waals surface area (Å²) < 4.78 is 2.32. The van der Waals surface area contributed by atoms with Crippen LogP contribution in [0.15, 0.2) is 30.3 Å². The van der Waals surface area contributed by atoms with Crippen LogP contribution in [0.2, 0.25) is 0 Å². The molecule has 3 N–H and O–H groups in total. The van der Waals surface area contributed by atoms with Crippen molar-refractivity contribution < 1.29 is 4.79 Å². The highest BCUT2D eigenvalue weighted by molar-refractivity contribution is 5.82. The Hall–Kier alpha value is -1.81. The summed E-state index contributed by atoms with van der Waals surface area (Å²) in [6.45, 7) is 4.20. The number of nitrogens with zero attached hydrogens (tertiary/aromatic N) is 1. The molecule has 0 spiro atoms. The van der Waals surface area contributed by atoms with E-state index in [1.165, 1.54) is 29.4 Å². The van der Waals surface area contributed by atoms with E-state index >= 15 is 0 Å². The van der Waals surface area contributed by atoms with Gasteiger partial charge in [-0.25, -0.2) is 0 Å². The van der Waals surface area contributed by atoms with E-state index < -0.39 is 0 Å². The van der Waals surface area contributed by atoms with Crippen LogP contribution in [-0.4, -0.2) is 23.6 Å². The largest absolute Gasteiger partial charge is 0.370 e. The van der Waals surface area contributed by atoms with Gasteiger partial charge in [-0.2, -0.15) is 0 Å². The maximum atomic E-state index is 11.3. The first-order valence-electron chi connectivity index (χ1n) is 7.75. The normalized spacial score (nSPS) is 20.5. The molecule has 4 heteroatoms. The second-order valence-electron chi connectivity index (χ2n) is 6.06. The molecule has 1 aromatic carbocycles. The van der Waals surface area contributed by atoms with Crippen LogP contribution in [0.4, 0.5) is 0 Å². The van der Waals surface area contributed by atoms with Gasteiger partial charge in [-0.1, -0.05) is 18.2 Å². The molecule has 0 bridgehead atoms. The van der Waals surface area contributed by atoms with Crippen molar-refractivity contribution in [1.29, 1.82) is 0 Å². The Morgan fingerprint density at radius 2 is 2.29 bits per heavy atom. The molecule has 0 aliphatic carbocycles. The van der Waals surface area contributed by atoms with Crippen LogP contribution < -0.4 is 11.1 Å². The van der Waals surface area contributed by atoms with Crippen molar-refractivity contribution in [1.82, 2.24) is 9.88 Å². The zero-order chi connectivity index (χ0) is 14.8. The Bertz CT molecular complexity index is 641. The lowest BCUT2D eigenvalue weighted by molar-refractivity contribution is -0.118. The second kappa shape index (κ2) is 5.90. The predicted molar refractivity (Wildman–Crippen MR) is 85.3 cm³/mol. The van der Waals surface area contributed by atoms with E-state index in [1.54, 1.807) is 0 Å². The van der Waals surface area contributed by atoms with Gasteiger partial charge in [-0.05, 0) is 43.8 Å². The Balaban J connectivity index is 2.06. The minimum Gasteiger partial charge on any atom is -0.370 e. The fraction of sp³-hybridized carbons (Fsp3) is 0.471. The van der Waals surface area contributed by atoms with Crippen LogP contribution in [0, 0.1) is 0 Å². The number of aromatic nitrogens is 1. The van der Waals surface area contributed by atoms with Crippen LogP contribution in [0.3, 0.4) is 0 Å². The van der Waals surface area contributed by atoms with E-state index in [9.17, 15) is 4.79 Å². The van der Waals surface area contributed by atoms with Crippen LogP contribution in [0.5, 0.6) is 0 Å². The van der Waals surface area contributed by atoms with Crippen molar-refractivity contribution in [2.24, 2.45) is 5.73 Å². The van der Waals surface area contributed by atoms with Crippen LogP contribution >= 0.6 is 0 Å². The molecule has 1 aromatic heterocycles. The van der Waals surface area contributed by atoms with E-state index in [0.717, 1.165) is 13.1 Å². The summed E-state index contributed by atoms with van der Waals surface area (Å²) in [5.41, 5.74) is 7.94. The van der Waals surface area contributed by atoms with Crippen LogP contribution in [-0.2, 0) is 4.79 Å². The number of nitrogens with one attached hydrogen (secondary N) is 1. The summed E-state index contributed by atoms with van der Waals surface area (Å²) >= 11 is 0. The first kappa shape index (κ1) is 14.1. The fourth-order valence-electron chi connectivity index (χ4n) is 3.49. The van der Waals surface area contributed by atoms with E-state index in [2.05, 4.69) is 47.1 Å². The van der Waals surface area contributed by atoms with Crippen molar-refractivity contribution in [2.75, 3.05) is 13.1 Å². The predicted octanol–water partition coefficient (Wildman–Crippen LogP) is 2.54. The van der Waals surface area contributed by atoms with Crippen LogP contribution in [0.1, 0.15) is 43.8 Å². The van der Waals surface area contributed by atoms with Crippen LogP contribution in [0.25, 0.3) is 10.9 Å². The number of rotatable bonds is 4. The molecule has 4 nitrogen and oxygen atoms in total. The van der Waals surface area contributed by atoms with Gasteiger partial charge in [-0.15, -0.1) is 0 Å². The maximum Gasteiger partial charge on any atom is 0.219 e. The van der Waals surface area contributed by atoms with Crippen molar-refractivity contribution >= 4 is 16.8 Å². The zero-order valence-electron chi connectivity index (χ0n) is 12.5. The number of hydrogen-bond donors (Lipinski definition) is 2. The lowest BCUT2D eigenvalue weighted by Gasteiger charge is -2.27. The number of para-hydroxylation sites is 1. The quantitative estimate of drug-likeness (QED) is 0.907. The molecule has 1 aliphatic rings. The fourth-order valence-corrected chi connectivity index (χ4v) is 3.49. The van der Waals surface area contributed by atoms with Gasteiger partial charge in [0.25, 0.3) is 0 Å². The summed E-state index contributed by atoms with van der Waals surface area (Å²) in [7, 11) is 0. The number of nitrogens with two attached hydrogens (primary N) is 1. The smallest absolute Gasteiger partial charge is 0.219 e. The van der Waals surface area contributed by atoms with E-state index in [1.807, 2.05) is 0 Å². The summed E-state index contributed by atoms with van der Waals surface area (Å²) in [5.74, 6) is 0.273. The number of benzene rings is 1. The van der Waals surface area contributed by atoms with Gasteiger partial charge >= 0.3 is 0 Å². The summed E-state index contributed by atoms with van der Waals surface area (Å²) in [6.07, 6.45) is 2.79. The Morgan fingerprint density at radius 1 is 1.48 bits per heavy atom. The molecule has 0 radical (unpaired) electrons. The molecule has 1 amide bonds. The lowest BCUT2D eigenvalue weighted by atomic mass is 9.95. The first-order chi connectivity index (χ1) is 10.2. The third kappa shape index (κ3) is 2.81. The molecule has 3 rings (SSSR count). The summed E-state index contributed by atoms with van der Waals surface area (Å²) in [6, 6.07) is 10.8. The molecule has 2 heterocycles. The average Bonchev–Trinajstić information content (AvgIpc) is 2.87. The van der Waals surface area contributed by atoms with Gasteiger partial charge in [0, 0.05) is 36.1 Å². The number of piperidine rings is 1. The third-order valence-electron chi connectivity index (χ3n) is 4.43. The standard InChI is InChI=1S/C17H23N3O/c1-12(9-17(18)21)20-15-7-3-2-5-13(15)10-16(20)14-6-4-8-19-11-14/h2-3,5,7,10,12,14,19H,4,6,8-9,11H2,1H3,(H2,18,21). The molecule has 2 unspecified atom stereocenters. The highest BCUT2D eigenvalue weighted by atomic mass is 16.1. The van der Waals surface area contributed by atoms with Gasteiger partial charge < -0.3 is 15.6 Å². The maximum absolute atomic E-state index is 11.3. The molecule has 2 aromatic rings. The topological polar surface area (TPSA) is 60.1 Å². The van der Waals surface area contributed by atoms with Gasteiger partial charge in [0.2, 0.25) is 5.91 Å². The van der Waals surface area contributed by atoms with Gasteiger partial charge in [0.05, 0.1) is 0 Å². The number of carbonyl (C=O) groups excluding carboxylic acids is 1. The molecular weight excluding hydrogens is 262 g/mol. The van der Waals surface area contributed by atoms with Gasteiger partial charge in [-0.3, -0.25) is 4.79 Å². The summed E-state index contributed by atoms with van der Waals surface area (Å²) in [5, 5.41) is 4.72. The number of primary amides is 1. The van der Waals surface area contributed by atoms with Gasteiger partial charge in [0.15, 0.2) is 0 Å².